The van der Waals surface area contributed by atoms with E-state index < -0.39 is 5.97 Å². The highest BCUT2D eigenvalue weighted by Crippen LogP contribution is 2.25. The Labute approximate surface area is 104 Å². The molecule has 0 saturated carbocycles. The fourth-order valence-corrected chi connectivity index (χ4v) is 1.73. The third-order valence-electron chi connectivity index (χ3n) is 2.36. The summed E-state index contributed by atoms with van der Waals surface area (Å²) in [5.41, 5.74) is 0.888. The molecule has 0 amide bonds. The van der Waals surface area contributed by atoms with Gasteiger partial charge in [-0.2, -0.15) is 0 Å². The Kier molecular flexibility index (Phi) is 3.49. The molecule has 1 aromatic heterocycles. The van der Waals surface area contributed by atoms with Crippen LogP contribution >= 0.6 is 11.6 Å². The van der Waals surface area contributed by atoms with Crippen LogP contribution in [0.1, 0.15) is 12.2 Å². The molecule has 17 heavy (non-hydrogen) atoms. The molecule has 88 valence electrons. The first-order chi connectivity index (χ1) is 8.15. The zero-order valence-electron chi connectivity index (χ0n) is 9.02. The van der Waals surface area contributed by atoms with E-state index in [1.807, 2.05) is 18.2 Å². The topological polar surface area (TPSA) is 50.4 Å². The molecule has 0 spiro atoms. The van der Waals surface area contributed by atoms with Crippen LogP contribution in [0.4, 0.5) is 0 Å². The van der Waals surface area contributed by atoms with Gasteiger partial charge in [0.2, 0.25) is 0 Å². The van der Waals surface area contributed by atoms with Crippen LogP contribution in [-0.2, 0) is 11.2 Å². The van der Waals surface area contributed by atoms with Crippen LogP contribution < -0.4 is 0 Å². The minimum atomic E-state index is -0.828. The maximum absolute atomic E-state index is 10.4. The largest absolute Gasteiger partial charge is 0.481 e. The Morgan fingerprint density at radius 2 is 2.12 bits per heavy atom. The maximum Gasteiger partial charge on any atom is 0.303 e. The molecule has 0 aliphatic carbocycles. The first-order valence-electron chi connectivity index (χ1n) is 5.21. The van der Waals surface area contributed by atoms with Crippen molar-refractivity contribution in [2.24, 2.45) is 0 Å². The van der Waals surface area contributed by atoms with E-state index in [0.717, 1.165) is 5.56 Å². The second kappa shape index (κ2) is 5.06. The van der Waals surface area contributed by atoms with Crippen molar-refractivity contribution in [2.75, 3.05) is 0 Å². The van der Waals surface area contributed by atoms with Crippen LogP contribution in [0.3, 0.4) is 0 Å². The van der Waals surface area contributed by atoms with E-state index in [1.165, 1.54) is 0 Å². The number of aliphatic carboxylic acids is 1. The van der Waals surface area contributed by atoms with Crippen LogP contribution in [-0.4, -0.2) is 11.1 Å². The van der Waals surface area contributed by atoms with Gasteiger partial charge in [-0.3, -0.25) is 4.79 Å². The van der Waals surface area contributed by atoms with Crippen molar-refractivity contribution in [1.82, 2.24) is 0 Å². The van der Waals surface area contributed by atoms with Crippen LogP contribution in [0.25, 0.3) is 11.3 Å². The lowest BCUT2D eigenvalue weighted by Crippen LogP contribution is -1.96. The number of furan rings is 1. The van der Waals surface area contributed by atoms with Crippen molar-refractivity contribution >= 4 is 17.6 Å². The van der Waals surface area contributed by atoms with Crippen LogP contribution in [0.15, 0.2) is 40.8 Å². The third-order valence-corrected chi connectivity index (χ3v) is 2.59. The number of aryl methyl sites for hydroxylation is 1. The van der Waals surface area contributed by atoms with Gasteiger partial charge in [0.15, 0.2) is 0 Å². The number of hydrogen-bond acceptors (Lipinski definition) is 2. The summed E-state index contributed by atoms with van der Waals surface area (Å²) in [4.78, 5) is 10.4. The van der Waals surface area contributed by atoms with Crippen molar-refractivity contribution in [1.29, 1.82) is 0 Å². The molecule has 0 saturated heterocycles. The zero-order valence-corrected chi connectivity index (χ0v) is 9.78. The van der Waals surface area contributed by atoms with Gasteiger partial charge in [0.05, 0.1) is 6.42 Å². The normalized spacial score (nSPS) is 10.4. The summed E-state index contributed by atoms with van der Waals surface area (Å²) < 4.78 is 5.55. The summed E-state index contributed by atoms with van der Waals surface area (Å²) in [5, 5.41) is 9.22. The molecule has 2 rings (SSSR count). The summed E-state index contributed by atoms with van der Waals surface area (Å²) in [6.07, 6.45) is 0.471. The highest BCUT2D eigenvalue weighted by molar-refractivity contribution is 6.30. The number of rotatable bonds is 4. The number of halogens is 1. The summed E-state index contributed by atoms with van der Waals surface area (Å²) in [6.45, 7) is 0. The molecular weight excluding hydrogens is 240 g/mol. The van der Waals surface area contributed by atoms with Gasteiger partial charge < -0.3 is 9.52 Å². The Balaban J connectivity index is 2.15. The number of hydrogen-bond donors (Lipinski definition) is 1. The van der Waals surface area contributed by atoms with Gasteiger partial charge in [-0.25, -0.2) is 0 Å². The molecule has 1 N–H and O–H groups in total. The molecule has 4 heteroatoms. The van der Waals surface area contributed by atoms with Crippen molar-refractivity contribution in [2.45, 2.75) is 12.8 Å². The van der Waals surface area contributed by atoms with Crippen molar-refractivity contribution in [3.8, 4) is 11.3 Å². The molecule has 0 fully saturated rings. The van der Waals surface area contributed by atoms with E-state index in [9.17, 15) is 4.79 Å². The van der Waals surface area contributed by atoms with Crippen molar-refractivity contribution in [3.63, 3.8) is 0 Å². The van der Waals surface area contributed by atoms with Gasteiger partial charge in [-0.05, 0) is 24.3 Å². The molecule has 0 aliphatic heterocycles. The van der Waals surface area contributed by atoms with Gasteiger partial charge >= 0.3 is 5.97 Å². The average molecular weight is 251 g/mol. The summed E-state index contributed by atoms with van der Waals surface area (Å²) >= 11 is 5.88. The zero-order chi connectivity index (χ0) is 12.3. The maximum atomic E-state index is 10.4. The van der Waals surface area contributed by atoms with Crippen LogP contribution in [0.2, 0.25) is 5.02 Å². The Morgan fingerprint density at radius 3 is 2.82 bits per heavy atom. The summed E-state index contributed by atoms with van der Waals surface area (Å²) in [7, 11) is 0. The van der Waals surface area contributed by atoms with E-state index in [0.29, 0.717) is 23.0 Å². The Bertz CT molecular complexity index is 531. The number of carbonyl (C=O) groups is 1. The summed E-state index contributed by atoms with van der Waals surface area (Å²) in [5.74, 6) is 0.543. The van der Waals surface area contributed by atoms with Crippen molar-refractivity contribution < 1.29 is 14.3 Å². The van der Waals surface area contributed by atoms with E-state index in [4.69, 9.17) is 21.1 Å². The second-order valence-electron chi connectivity index (χ2n) is 3.67. The average Bonchev–Trinajstić information content (AvgIpc) is 2.75. The lowest BCUT2D eigenvalue weighted by atomic mass is 10.2. The molecule has 1 heterocycles. The molecule has 0 aliphatic rings. The Hall–Kier alpha value is -1.74. The quantitative estimate of drug-likeness (QED) is 0.902. The smallest absolute Gasteiger partial charge is 0.303 e. The second-order valence-corrected chi connectivity index (χ2v) is 4.11. The number of benzene rings is 1. The molecule has 0 radical (unpaired) electrons. The fraction of sp³-hybridized carbons (Fsp3) is 0.154. The minimum Gasteiger partial charge on any atom is -0.481 e. The van der Waals surface area contributed by atoms with Gasteiger partial charge in [-0.15, -0.1) is 0 Å². The lowest BCUT2D eigenvalue weighted by molar-refractivity contribution is -0.137. The highest BCUT2D eigenvalue weighted by Gasteiger charge is 2.06. The molecule has 0 bridgehead atoms. The van der Waals surface area contributed by atoms with E-state index in [-0.39, 0.29) is 6.42 Å². The van der Waals surface area contributed by atoms with E-state index in [1.54, 1.807) is 18.2 Å². The van der Waals surface area contributed by atoms with E-state index in [2.05, 4.69) is 0 Å². The molecule has 1 aromatic carbocycles. The lowest BCUT2D eigenvalue weighted by Gasteiger charge is -1.97. The van der Waals surface area contributed by atoms with Crippen LogP contribution in [0.5, 0.6) is 0 Å². The van der Waals surface area contributed by atoms with E-state index >= 15 is 0 Å². The molecule has 2 aromatic rings. The predicted octanol–water partition coefficient (Wildman–Crippen LogP) is 3.62. The van der Waals surface area contributed by atoms with Gasteiger partial charge in [0, 0.05) is 17.0 Å². The van der Waals surface area contributed by atoms with Crippen molar-refractivity contribution in [3.05, 3.63) is 47.2 Å². The monoisotopic (exact) mass is 250 g/mol. The summed E-state index contributed by atoms with van der Waals surface area (Å²) in [6, 6.07) is 10.9. The first kappa shape index (κ1) is 11.7. The molecule has 0 unspecified atom stereocenters. The highest BCUT2D eigenvalue weighted by atomic mass is 35.5. The number of carboxylic acids is 1. The van der Waals surface area contributed by atoms with Gasteiger partial charge in [-0.1, -0.05) is 23.7 Å². The van der Waals surface area contributed by atoms with Crippen LogP contribution in [0, 0.1) is 0 Å². The molecule has 0 atom stereocenters. The standard InChI is InChI=1S/C13H11ClO3/c14-10-3-1-2-9(8-10)12-6-4-11(17-12)5-7-13(15)16/h1-4,6,8H,5,7H2,(H,15,16). The van der Waals surface area contributed by atoms with Gasteiger partial charge in [0.1, 0.15) is 11.5 Å². The fourth-order valence-electron chi connectivity index (χ4n) is 1.54. The molecule has 3 nitrogen and oxygen atoms in total. The molecular formula is C13H11ClO3. The van der Waals surface area contributed by atoms with Gasteiger partial charge in [0.25, 0.3) is 0 Å². The predicted molar refractivity (Wildman–Crippen MR) is 65.1 cm³/mol. The SMILES string of the molecule is O=C(O)CCc1ccc(-c2cccc(Cl)c2)o1. The number of carboxylic acid groups (broad SMARTS) is 1. The third kappa shape index (κ3) is 3.11. The Morgan fingerprint density at radius 1 is 1.29 bits per heavy atom. The minimum absolute atomic E-state index is 0.0719. The first-order valence-corrected chi connectivity index (χ1v) is 5.59.